The summed E-state index contributed by atoms with van der Waals surface area (Å²) in [6, 6.07) is 3.80. The number of nitrogens with zero attached hydrogens (tertiary/aromatic N) is 2. The van der Waals surface area contributed by atoms with Gasteiger partial charge >= 0.3 is 0 Å². The van der Waals surface area contributed by atoms with E-state index in [9.17, 15) is 9.59 Å². The topological polar surface area (TPSA) is 53.8 Å². The van der Waals surface area contributed by atoms with Crippen molar-refractivity contribution in [2.24, 2.45) is 0 Å². The number of aryl methyl sites for hydroxylation is 3. The molecule has 2 amide bonds. The van der Waals surface area contributed by atoms with Gasteiger partial charge in [-0.05, 0) is 43.3 Å². The second-order valence-electron chi connectivity index (χ2n) is 6.04. The second-order valence-corrected chi connectivity index (χ2v) is 6.96. The maximum absolute atomic E-state index is 12.7. The highest BCUT2D eigenvalue weighted by Gasteiger charge is 2.28. The van der Waals surface area contributed by atoms with Gasteiger partial charge in [-0.2, -0.15) is 0 Å². The molecule has 0 atom stereocenters. The van der Waals surface area contributed by atoms with Gasteiger partial charge in [0.05, 0.1) is 10.4 Å². The van der Waals surface area contributed by atoms with Crippen LogP contribution in [0.1, 0.15) is 44.0 Å². The lowest BCUT2D eigenvalue weighted by atomic mass is 10.1. The first kappa shape index (κ1) is 16.8. The van der Waals surface area contributed by atoms with Crippen molar-refractivity contribution >= 4 is 23.2 Å². The summed E-state index contributed by atoms with van der Waals surface area (Å²) >= 11 is 1.50. The molecule has 1 saturated heterocycles. The summed E-state index contributed by atoms with van der Waals surface area (Å²) in [5, 5.41) is 1.97. The maximum atomic E-state index is 12.7. The molecule has 5 nitrogen and oxygen atoms in total. The van der Waals surface area contributed by atoms with E-state index in [1.54, 1.807) is 11.0 Å². The Morgan fingerprint density at radius 2 is 1.75 bits per heavy atom. The first-order valence-corrected chi connectivity index (χ1v) is 9.11. The third-order valence-corrected chi connectivity index (χ3v) is 5.39. The fourth-order valence-corrected chi connectivity index (χ4v) is 4.03. The van der Waals surface area contributed by atoms with E-state index in [0.717, 1.165) is 22.6 Å². The van der Waals surface area contributed by atoms with Crippen molar-refractivity contribution in [3.8, 4) is 0 Å². The Morgan fingerprint density at radius 1 is 1.12 bits per heavy atom. The summed E-state index contributed by atoms with van der Waals surface area (Å²) in [6.07, 6.45) is 0.863. The summed E-state index contributed by atoms with van der Waals surface area (Å²) in [4.78, 5) is 29.7. The van der Waals surface area contributed by atoms with Crippen LogP contribution in [0.15, 0.2) is 21.9 Å². The second kappa shape index (κ2) is 6.81. The van der Waals surface area contributed by atoms with Gasteiger partial charge in [0.1, 0.15) is 11.5 Å². The molecule has 0 aliphatic carbocycles. The van der Waals surface area contributed by atoms with Crippen LogP contribution < -0.4 is 0 Å². The number of amides is 2. The quantitative estimate of drug-likeness (QED) is 0.858. The van der Waals surface area contributed by atoms with Crippen molar-refractivity contribution in [2.75, 3.05) is 26.2 Å². The van der Waals surface area contributed by atoms with Crippen LogP contribution >= 0.6 is 11.3 Å². The number of carbonyl (C=O) groups is 2. The maximum Gasteiger partial charge on any atom is 0.264 e. The van der Waals surface area contributed by atoms with Crippen molar-refractivity contribution < 1.29 is 14.0 Å². The third kappa shape index (κ3) is 3.11. The molecule has 2 aromatic rings. The molecule has 2 aromatic heterocycles. The van der Waals surface area contributed by atoms with Gasteiger partial charge < -0.3 is 14.2 Å². The summed E-state index contributed by atoms with van der Waals surface area (Å²) in [5.41, 5.74) is 1.73. The molecule has 0 aromatic carbocycles. The first-order chi connectivity index (χ1) is 11.5. The van der Waals surface area contributed by atoms with Crippen molar-refractivity contribution in [2.45, 2.75) is 27.2 Å². The van der Waals surface area contributed by atoms with Gasteiger partial charge in [0.25, 0.3) is 11.8 Å². The minimum Gasteiger partial charge on any atom is -0.466 e. The first-order valence-electron chi connectivity index (χ1n) is 8.23. The largest absolute Gasteiger partial charge is 0.466 e. The van der Waals surface area contributed by atoms with Gasteiger partial charge in [0, 0.05) is 26.2 Å². The van der Waals surface area contributed by atoms with E-state index in [2.05, 4.69) is 6.92 Å². The van der Waals surface area contributed by atoms with Crippen LogP contribution in [0.5, 0.6) is 0 Å². The number of rotatable bonds is 3. The predicted octanol–water partition coefficient (Wildman–Crippen LogP) is 3.12. The zero-order valence-electron chi connectivity index (χ0n) is 14.3. The van der Waals surface area contributed by atoms with Crippen LogP contribution in [-0.4, -0.2) is 47.8 Å². The van der Waals surface area contributed by atoms with E-state index in [4.69, 9.17) is 4.42 Å². The molecule has 0 saturated carbocycles. The Labute approximate surface area is 145 Å². The molecule has 3 heterocycles. The highest BCUT2D eigenvalue weighted by molar-refractivity contribution is 7.12. The molecule has 0 N–H and O–H groups in total. The Hall–Kier alpha value is -2.08. The monoisotopic (exact) mass is 346 g/mol. The lowest BCUT2D eigenvalue weighted by molar-refractivity contribution is 0.0536. The molecule has 3 rings (SSSR count). The van der Waals surface area contributed by atoms with Crippen molar-refractivity contribution in [1.82, 2.24) is 9.80 Å². The molecule has 0 spiro atoms. The van der Waals surface area contributed by atoms with E-state index in [-0.39, 0.29) is 11.8 Å². The van der Waals surface area contributed by atoms with Crippen LogP contribution in [0.2, 0.25) is 0 Å². The highest BCUT2D eigenvalue weighted by atomic mass is 32.1. The molecular weight excluding hydrogens is 324 g/mol. The Balaban J connectivity index is 1.64. The number of furan rings is 1. The SMILES string of the molecule is CCc1ccsc1C(=O)N1CCN(C(=O)c2cc(C)oc2C)CC1. The molecule has 6 heteroatoms. The molecule has 1 aliphatic heterocycles. The van der Waals surface area contributed by atoms with E-state index >= 15 is 0 Å². The average molecular weight is 346 g/mol. The molecular formula is C18H22N2O3S. The predicted molar refractivity (Wildman–Crippen MR) is 93.7 cm³/mol. The van der Waals surface area contributed by atoms with Crippen molar-refractivity contribution in [3.05, 3.63) is 45.0 Å². The van der Waals surface area contributed by atoms with Gasteiger partial charge in [-0.25, -0.2) is 0 Å². The van der Waals surface area contributed by atoms with E-state index in [1.165, 1.54) is 11.3 Å². The van der Waals surface area contributed by atoms with Crippen LogP contribution in [0, 0.1) is 13.8 Å². The zero-order chi connectivity index (χ0) is 17.3. The fourth-order valence-electron chi connectivity index (χ4n) is 3.07. The number of carbonyl (C=O) groups excluding carboxylic acids is 2. The van der Waals surface area contributed by atoms with Gasteiger partial charge in [-0.1, -0.05) is 6.92 Å². The Bertz CT molecular complexity index is 754. The molecule has 0 unspecified atom stereocenters. The summed E-state index contributed by atoms with van der Waals surface area (Å²) in [5.74, 6) is 1.47. The van der Waals surface area contributed by atoms with E-state index in [0.29, 0.717) is 37.5 Å². The molecule has 1 aliphatic rings. The number of piperazine rings is 1. The smallest absolute Gasteiger partial charge is 0.264 e. The Kier molecular flexibility index (Phi) is 4.76. The molecule has 1 fully saturated rings. The standard InChI is InChI=1S/C18H22N2O3S/c1-4-14-5-10-24-16(14)18(22)20-8-6-19(7-9-20)17(21)15-11-12(2)23-13(15)3/h5,10-11H,4,6-9H2,1-3H3. The molecule has 24 heavy (non-hydrogen) atoms. The summed E-state index contributed by atoms with van der Waals surface area (Å²) < 4.78 is 5.45. The third-order valence-electron chi connectivity index (χ3n) is 4.45. The minimum atomic E-state index is -0.0122. The molecule has 0 radical (unpaired) electrons. The van der Waals surface area contributed by atoms with E-state index < -0.39 is 0 Å². The zero-order valence-corrected chi connectivity index (χ0v) is 15.1. The van der Waals surface area contributed by atoms with Crippen LogP contribution in [0.25, 0.3) is 0 Å². The van der Waals surface area contributed by atoms with E-state index in [1.807, 2.05) is 30.2 Å². The van der Waals surface area contributed by atoms with Crippen LogP contribution in [0.4, 0.5) is 0 Å². The number of hydrogen-bond acceptors (Lipinski definition) is 4. The summed E-state index contributed by atoms with van der Waals surface area (Å²) in [7, 11) is 0. The Morgan fingerprint density at radius 3 is 2.29 bits per heavy atom. The molecule has 0 bridgehead atoms. The van der Waals surface area contributed by atoms with Crippen molar-refractivity contribution in [1.29, 1.82) is 0 Å². The number of hydrogen-bond donors (Lipinski definition) is 0. The van der Waals surface area contributed by atoms with Gasteiger partial charge in [-0.15, -0.1) is 11.3 Å². The van der Waals surface area contributed by atoms with Crippen molar-refractivity contribution in [3.63, 3.8) is 0 Å². The minimum absolute atomic E-state index is 0.0122. The lowest BCUT2D eigenvalue weighted by Gasteiger charge is -2.34. The summed E-state index contributed by atoms with van der Waals surface area (Å²) in [6.45, 7) is 7.96. The highest BCUT2D eigenvalue weighted by Crippen LogP contribution is 2.21. The normalized spacial score (nSPS) is 15.0. The molecule has 128 valence electrons. The average Bonchev–Trinajstić information content (AvgIpc) is 3.19. The van der Waals surface area contributed by atoms with Gasteiger partial charge in [0.15, 0.2) is 0 Å². The van der Waals surface area contributed by atoms with Gasteiger partial charge in [-0.3, -0.25) is 9.59 Å². The van der Waals surface area contributed by atoms with Crippen LogP contribution in [-0.2, 0) is 6.42 Å². The van der Waals surface area contributed by atoms with Crippen LogP contribution in [0.3, 0.4) is 0 Å². The van der Waals surface area contributed by atoms with Gasteiger partial charge in [0.2, 0.25) is 0 Å². The number of thiophene rings is 1. The fraction of sp³-hybridized carbons (Fsp3) is 0.444. The lowest BCUT2D eigenvalue weighted by Crippen LogP contribution is -2.50.